The molecule has 0 bridgehead atoms. The summed E-state index contributed by atoms with van der Waals surface area (Å²) in [6.45, 7) is 13.1. The fourth-order valence-corrected chi connectivity index (χ4v) is 2.50. The Bertz CT molecular complexity index is 318. The van der Waals surface area contributed by atoms with E-state index in [0.717, 1.165) is 58.3 Å². The van der Waals surface area contributed by atoms with Gasteiger partial charge in [-0.05, 0) is 39.9 Å². The van der Waals surface area contributed by atoms with E-state index < -0.39 is 0 Å². The Balaban J connectivity index is 4.21. The molecule has 6 nitrogen and oxygen atoms in total. The second kappa shape index (κ2) is 12.6. The molecule has 0 aliphatic carbocycles. The molecule has 2 N–H and O–H groups in total. The van der Waals surface area contributed by atoms with E-state index >= 15 is 0 Å². The first-order valence-electron chi connectivity index (χ1n) is 8.65. The Kier molecular flexibility index (Phi) is 12.1. The molecule has 0 aromatic rings. The molecular formula is C17H39N5O. The molecule has 0 saturated carbocycles. The van der Waals surface area contributed by atoms with Crippen molar-refractivity contribution in [2.24, 2.45) is 10.4 Å². The van der Waals surface area contributed by atoms with Crippen LogP contribution < -0.4 is 10.6 Å². The lowest BCUT2D eigenvalue weighted by atomic mass is 9.93. The molecule has 138 valence electrons. The van der Waals surface area contributed by atoms with Crippen LogP contribution in [0, 0.1) is 5.41 Å². The number of hydrogen-bond donors (Lipinski definition) is 2. The number of ether oxygens (including phenoxy) is 1. The van der Waals surface area contributed by atoms with Gasteiger partial charge < -0.3 is 25.2 Å². The average molecular weight is 330 g/mol. The van der Waals surface area contributed by atoms with Crippen LogP contribution in [0.1, 0.15) is 27.2 Å². The molecule has 0 aliphatic heterocycles. The van der Waals surface area contributed by atoms with Gasteiger partial charge in [0.05, 0.1) is 0 Å². The van der Waals surface area contributed by atoms with Crippen molar-refractivity contribution >= 4 is 5.96 Å². The first-order chi connectivity index (χ1) is 10.8. The molecule has 0 rings (SSSR count). The highest BCUT2D eigenvalue weighted by Gasteiger charge is 2.18. The monoisotopic (exact) mass is 329 g/mol. The van der Waals surface area contributed by atoms with Crippen LogP contribution in [0.4, 0.5) is 0 Å². The van der Waals surface area contributed by atoms with Crippen molar-refractivity contribution in [2.75, 3.05) is 74.1 Å². The van der Waals surface area contributed by atoms with E-state index in [1.165, 1.54) is 0 Å². The Morgan fingerprint density at radius 3 is 2.39 bits per heavy atom. The first kappa shape index (κ1) is 22.1. The van der Waals surface area contributed by atoms with Crippen molar-refractivity contribution in [3.05, 3.63) is 0 Å². The van der Waals surface area contributed by atoms with Crippen molar-refractivity contribution in [3.8, 4) is 0 Å². The van der Waals surface area contributed by atoms with Crippen LogP contribution >= 0.6 is 0 Å². The topological polar surface area (TPSA) is 52.1 Å². The van der Waals surface area contributed by atoms with Gasteiger partial charge in [0.1, 0.15) is 0 Å². The van der Waals surface area contributed by atoms with Crippen molar-refractivity contribution in [1.29, 1.82) is 0 Å². The minimum atomic E-state index is 0.169. The maximum absolute atomic E-state index is 5.08. The summed E-state index contributed by atoms with van der Waals surface area (Å²) >= 11 is 0. The number of rotatable bonds is 12. The van der Waals surface area contributed by atoms with E-state index in [-0.39, 0.29) is 5.41 Å². The van der Waals surface area contributed by atoms with Crippen molar-refractivity contribution in [3.63, 3.8) is 0 Å². The van der Waals surface area contributed by atoms with Crippen LogP contribution in [0.25, 0.3) is 0 Å². The highest BCUT2D eigenvalue weighted by molar-refractivity contribution is 5.79. The fraction of sp³-hybridized carbons (Fsp3) is 0.941. The lowest BCUT2D eigenvalue weighted by molar-refractivity contribution is 0.180. The minimum absolute atomic E-state index is 0.169. The number of likely N-dealkylation sites (N-methyl/N-ethyl adjacent to an activating group) is 1. The van der Waals surface area contributed by atoms with Crippen LogP contribution in [0.3, 0.4) is 0 Å². The first-order valence-corrected chi connectivity index (χ1v) is 8.65. The van der Waals surface area contributed by atoms with E-state index in [1.54, 1.807) is 7.11 Å². The molecule has 23 heavy (non-hydrogen) atoms. The number of nitrogens with zero attached hydrogens (tertiary/aromatic N) is 3. The standard InChI is InChI=1S/C17H39N5O/c1-8-18-16(20-14-17(2,3)15-21(4)5)19-10-12-22(6)11-9-13-23-7/h8-15H2,1-7H3,(H2,18,19,20). The largest absolute Gasteiger partial charge is 0.385 e. The quantitative estimate of drug-likeness (QED) is 0.319. The zero-order valence-electron chi connectivity index (χ0n) is 16.4. The molecule has 0 unspecified atom stereocenters. The third-order valence-corrected chi connectivity index (χ3v) is 3.43. The summed E-state index contributed by atoms with van der Waals surface area (Å²) in [5.74, 6) is 0.907. The van der Waals surface area contributed by atoms with E-state index in [2.05, 4.69) is 62.3 Å². The molecule has 0 saturated heterocycles. The molecule has 6 heteroatoms. The predicted octanol–water partition coefficient (Wildman–Crippen LogP) is 1.10. The van der Waals surface area contributed by atoms with Gasteiger partial charge in [0.2, 0.25) is 0 Å². The van der Waals surface area contributed by atoms with E-state index in [0.29, 0.717) is 0 Å². The lowest BCUT2D eigenvalue weighted by Gasteiger charge is -2.27. The zero-order valence-corrected chi connectivity index (χ0v) is 16.4. The van der Waals surface area contributed by atoms with Gasteiger partial charge in [-0.3, -0.25) is 4.99 Å². The molecule has 0 aromatic carbocycles. The van der Waals surface area contributed by atoms with Gasteiger partial charge >= 0.3 is 0 Å². The maximum Gasteiger partial charge on any atom is 0.191 e. The number of guanidine groups is 1. The number of hydrogen-bond acceptors (Lipinski definition) is 4. The minimum Gasteiger partial charge on any atom is -0.385 e. The molecule has 0 spiro atoms. The fourth-order valence-electron chi connectivity index (χ4n) is 2.50. The van der Waals surface area contributed by atoms with Crippen LogP contribution in [0.15, 0.2) is 4.99 Å². The number of nitrogens with one attached hydrogen (secondary N) is 2. The molecule has 0 aliphatic rings. The van der Waals surface area contributed by atoms with E-state index in [9.17, 15) is 0 Å². The Morgan fingerprint density at radius 1 is 1.13 bits per heavy atom. The maximum atomic E-state index is 5.08. The van der Waals surface area contributed by atoms with Gasteiger partial charge in [-0.1, -0.05) is 13.8 Å². The van der Waals surface area contributed by atoms with Gasteiger partial charge in [0.15, 0.2) is 5.96 Å². The Morgan fingerprint density at radius 2 is 1.83 bits per heavy atom. The molecule has 0 amide bonds. The Labute approximate surface area is 143 Å². The summed E-state index contributed by atoms with van der Waals surface area (Å²) in [5, 5.41) is 6.74. The normalized spacial score (nSPS) is 13.0. The second-order valence-corrected chi connectivity index (χ2v) is 7.17. The molecular weight excluding hydrogens is 290 g/mol. The van der Waals surface area contributed by atoms with Gasteiger partial charge in [-0.15, -0.1) is 0 Å². The van der Waals surface area contributed by atoms with Crippen LogP contribution in [-0.2, 0) is 4.74 Å². The van der Waals surface area contributed by atoms with Gasteiger partial charge in [0, 0.05) is 53.0 Å². The molecule has 0 aromatic heterocycles. The summed E-state index contributed by atoms with van der Waals surface area (Å²) < 4.78 is 5.08. The van der Waals surface area contributed by atoms with E-state index in [1.807, 2.05) is 0 Å². The summed E-state index contributed by atoms with van der Waals surface area (Å²) in [6, 6.07) is 0. The molecule has 0 heterocycles. The highest BCUT2D eigenvalue weighted by atomic mass is 16.5. The van der Waals surface area contributed by atoms with E-state index in [4.69, 9.17) is 9.73 Å². The van der Waals surface area contributed by atoms with Crippen molar-refractivity contribution in [2.45, 2.75) is 27.2 Å². The SMILES string of the molecule is CCNC(=NCC(C)(C)CN(C)C)NCCN(C)CCCOC. The number of methoxy groups -OCH3 is 1. The summed E-state index contributed by atoms with van der Waals surface area (Å²) in [6.07, 6.45) is 1.07. The third kappa shape index (κ3) is 13.3. The van der Waals surface area contributed by atoms with Crippen molar-refractivity contribution < 1.29 is 4.74 Å². The van der Waals surface area contributed by atoms with Crippen LogP contribution in [0.2, 0.25) is 0 Å². The molecule has 0 atom stereocenters. The average Bonchev–Trinajstić information content (AvgIpc) is 2.44. The van der Waals surface area contributed by atoms with Gasteiger partial charge in [-0.25, -0.2) is 0 Å². The zero-order chi connectivity index (χ0) is 17.7. The summed E-state index contributed by atoms with van der Waals surface area (Å²) in [4.78, 5) is 9.26. The molecule has 0 radical (unpaired) electrons. The summed E-state index contributed by atoms with van der Waals surface area (Å²) in [7, 11) is 8.10. The molecule has 0 fully saturated rings. The predicted molar refractivity (Wildman–Crippen MR) is 100 cm³/mol. The van der Waals surface area contributed by atoms with Gasteiger partial charge in [0.25, 0.3) is 0 Å². The smallest absolute Gasteiger partial charge is 0.191 e. The summed E-state index contributed by atoms with van der Waals surface area (Å²) in [5.41, 5.74) is 0.169. The van der Waals surface area contributed by atoms with Crippen LogP contribution in [0.5, 0.6) is 0 Å². The lowest BCUT2D eigenvalue weighted by Crippen LogP contribution is -2.42. The van der Waals surface area contributed by atoms with Crippen molar-refractivity contribution in [1.82, 2.24) is 20.4 Å². The van der Waals surface area contributed by atoms with Gasteiger partial charge in [-0.2, -0.15) is 0 Å². The third-order valence-electron chi connectivity index (χ3n) is 3.43. The number of aliphatic imine (C=N–C) groups is 1. The highest BCUT2D eigenvalue weighted by Crippen LogP contribution is 2.15. The Hall–Kier alpha value is -0.850. The van der Waals surface area contributed by atoms with Crippen LogP contribution in [-0.4, -0.2) is 89.9 Å². The second-order valence-electron chi connectivity index (χ2n) is 7.17.